The average Bonchev–Trinajstić information content (AvgIpc) is 3.23. The van der Waals surface area contributed by atoms with E-state index in [0.29, 0.717) is 12.6 Å². The summed E-state index contributed by atoms with van der Waals surface area (Å²) in [5.74, 6) is 2.41. The number of ether oxygens (including phenoxy) is 3. The fraction of sp³-hybridized carbons (Fsp3) is 0.286. The van der Waals surface area contributed by atoms with Gasteiger partial charge in [-0.05, 0) is 53.8 Å². The van der Waals surface area contributed by atoms with Gasteiger partial charge in [0.15, 0.2) is 11.5 Å². The molecule has 0 saturated carbocycles. The Kier molecular flexibility index (Phi) is 4.99. The van der Waals surface area contributed by atoms with Crippen LogP contribution in [0.15, 0.2) is 60.7 Å². The molecule has 0 fully saturated rings. The van der Waals surface area contributed by atoms with Gasteiger partial charge in [-0.1, -0.05) is 36.4 Å². The summed E-state index contributed by atoms with van der Waals surface area (Å²) >= 11 is 0. The summed E-state index contributed by atoms with van der Waals surface area (Å²) in [4.78, 5) is 6.25. The van der Waals surface area contributed by atoms with E-state index < -0.39 is 0 Å². The lowest BCUT2D eigenvalue weighted by atomic mass is 9.85. The number of nitrogens with zero attached hydrogens (tertiary/aromatic N) is 1. The van der Waals surface area contributed by atoms with Gasteiger partial charge in [0, 0.05) is 41.3 Å². The molecule has 2 aliphatic rings. The minimum Gasteiger partial charge on any atom is -0.496 e. The minimum atomic E-state index is 0.347. The molecule has 5 nitrogen and oxygen atoms in total. The Morgan fingerprint density at radius 3 is 2.64 bits per heavy atom. The third-order valence-electron chi connectivity index (χ3n) is 7.13. The number of aromatic amines is 1. The van der Waals surface area contributed by atoms with E-state index in [2.05, 4.69) is 46.3 Å². The van der Waals surface area contributed by atoms with Crippen molar-refractivity contribution < 1.29 is 14.2 Å². The molecule has 5 heteroatoms. The zero-order valence-electron chi connectivity index (χ0n) is 19.1. The van der Waals surface area contributed by atoms with Crippen molar-refractivity contribution >= 4 is 10.9 Å². The molecule has 3 aromatic carbocycles. The van der Waals surface area contributed by atoms with Gasteiger partial charge in [0.2, 0.25) is 0 Å². The highest BCUT2D eigenvalue weighted by atomic mass is 16.5. The molecule has 0 saturated heterocycles. The first-order valence-corrected chi connectivity index (χ1v) is 11.5. The van der Waals surface area contributed by atoms with E-state index in [1.54, 1.807) is 14.2 Å². The predicted molar refractivity (Wildman–Crippen MR) is 129 cm³/mol. The van der Waals surface area contributed by atoms with Crippen LogP contribution in [-0.4, -0.2) is 30.6 Å². The molecule has 0 amide bonds. The molecule has 0 aliphatic carbocycles. The van der Waals surface area contributed by atoms with Crippen molar-refractivity contribution in [2.75, 3.05) is 20.8 Å². The smallest absolute Gasteiger partial charge is 0.162 e. The lowest BCUT2D eigenvalue weighted by molar-refractivity contribution is 0.158. The van der Waals surface area contributed by atoms with Crippen LogP contribution in [-0.2, 0) is 26.0 Å². The van der Waals surface area contributed by atoms with Crippen LogP contribution < -0.4 is 14.2 Å². The van der Waals surface area contributed by atoms with E-state index in [1.807, 2.05) is 24.3 Å². The van der Waals surface area contributed by atoms with Crippen molar-refractivity contribution in [2.24, 2.45) is 0 Å². The Balaban J connectivity index is 1.35. The molecule has 1 unspecified atom stereocenters. The Labute approximate surface area is 193 Å². The summed E-state index contributed by atoms with van der Waals surface area (Å²) in [5, 5.41) is 1.35. The number of fused-ring (bicyclic) bond motifs is 6. The number of aromatic nitrogens is 1. The van der Waals surface area contributed by atoms with Crippen molar-refractivity contribution in [1.29, 1.82) is 0 Å². The number of rotatable bonds is 5. The maximum Gasteiger partial charge on any atom is 0.162 e. The van der Waals surface area contributed by atoms with Crippen LogP contribution in [0.4, 0.5) is 0 Å². The molecular weight excluding hydrogens is 412 g/mol. The SMILES string of the molecule is COc1ccccc1COc1cc2c(cc1OC)CCN1Cc3[nH]c4ccccc4c3CC21. The number of para-hydroxylation sites is 2. The van der Waals surface area contributed by atoms with Gasteiger partial charge in [0.05, 0.1) is 14.2 Å². The maximum absolute atomic E-state index is 6.30. The molecule has 1 atom stereocenters. The van der Waals surface area contributed by atoms with E-state index in [4.69, 9.17) is 14.2 Å². The fourth-order valence-electron chi connectivity index (χ4n) is 5.46. The largest absolute Gasteiger partial charge is 0.496 e. The Morgan fingerprint density at radius 1 is 0.939 bits per heavy atom. The Morgan fingerprint density at radius 2 is 1.76 bits per heavy atom. The third-order valence-corrected chi connectivity index (χ3v) is 7.13. The number of nitrogens with one attached hydrogen (secondary N) is 1. The van der Waals surface area contributed by atoms with Crippen LogP contribution in [0.1, 0.15) is 34.0 Å². The second kappa shape index (κ2) is 8.16. The first kappa shape index (κ1) is 20.2. The lowest BCUT2D eigenvalue weighted by Gasteiger charge is -2.40. The number of H-pyrrole nitrogens is 1. The van der Waals surface area contributed by atoms with Crippen molar-refractivity contribution in [3.8, 4) is 17.2 Å². The van der Waals surface area contributed by atoms with Crippen molar-refractivity contribution in [2.45, 2.75) is 32.0 Å². The zero-order valence-corrected chi connectivity index (χ0v) is 19.1. The lowest BCUT2D eigenvalue weighted by Crippen LogP contribution is -2.39. The Bertz CT molecular complexity index is 1330. The molecule has 1 aromatic heterocycles. The standard InChI is InChI=1S/C28H28N2O3/c1-31-26-10-6-3-7-19(26)17-33-28-15-21-18(13-27(28)32-2)11-12-30-16-24-22(14-25(21)30)20-8-4-5-9-23(20)29-24/h3-10,13,15,25,29H,11-12,14,16-17H2,1-2H3. The van der Waals surface area contributed by atoms with Gasteiger partial charge in [-0.15, -0.1) is 0 Å². The number of hydrogen-bond donors (Lipinski definition) is 1. The van der Waals surface area contributed by atoms with Crippen LogP contribution in [0.5, 0.6) is 17.2 Å². The van der Waals surface area contributed by atoms with E-state index in [0.717, 1.165) is 48.7 Å². The second-order valence-corrected chi connectivity index (χ2v) is 8.87. The van der Waals surface area contributed by atoms with Crippen molar-refractivity contribution in [3.63, 3.8) is 0 Å². The van der Waals surface area contributed by atoms with Crippen LogP contribution in [0.3, 0.4) is 0 Å². The fourth-order valence-corrected chi connectivity index (χ4v) is 5.46. The van der Waals surface area contributed by atoms with E-state index >= 15 is 0 Å². The number of methoxy groups -OCH3 is 2. The predicted octanol–water partition coefficient (Wildman–Crippen LogP) is 5.42. The molecule has 0 spiro atoms. The highest BCUT2D eigenvalue weighted by molar-refractivity contribution is 5.85. The molecular formula is C28H28N2O3. The summed E-state index contributed by atoms with van der Waals surface area (Å²) in [6.45, 7) is 2.44. The normalized spacial score (nSPS) is 17.2. The van der Waals surface area contributed by atoms with Gasteiger partial charge < -0.3 is 19.2 Å². The van der Waals surface area contributed by atoms with Gasteiger partial charge in [-0.3, -0.25) is 4.90 Å². The minimum absolute atomic E-state index is 0.347. The van der Waals surface area contributed by atoms with Gasteiger partial charge in [-0.2, -0.15) is 0 Å². The molecule has 2 aliphatic heterocycles. The molecule has 6 rings (SSSR count). The molecule has 0 bridgehead atoms. The summed E-state index contributed by atoms with van der Waals surface area (Å²) in [6, 6.07) is 21.3. The molecule has 0 radical (unpaired) electrons. The van der Waals surface area contributed by atoms with Gasteiger partial charge >= 0.3 is 0 Å². The van der Waals surface area contributed by atoms with Gasteiger partial charge in [0.1, 0.15) is 12.4 Å². The maximum atomic E-state index is 6.30. The first-order valence-electron chi connectivity index (χ1n) is 11.5. The van der Waals surface area contributed by atoms with Crippen LogP contribution in [0.2, 0.25) is 0 Å². The molecule has 168 valence electrons. The van der Waals surface area contributed by atoms with Crippen LogP contribution in [0, 0.1) is 0 Å². The Hall–Kier alpha value is -3.44. The van der Waals surface area contributed by atoms with Crippen LogP contribution >= 0.6 is 0 Å². The zero-order chi connectivity index (χ0) is 22.4. The van der Waals surface area contributed by atoms with Crippen molar-refractivity contribution in [1.82, 2.24) is 9.88 Å². The van der Waals surface area contributed by atoms with Crippen LogP contribution in [0.25, 0.3) is 10.9 Å². The van der Waals surface area contributed by atoms with Gasteiger partial charge in [0.25, 0.3) is 0 Å². The monoisotopic (exact) mass is 440 g/mol. The average molecular weight is 441 g/mol. The second-order valence-electron chi connectivity index (χ2n) is 8.87. The molecule has 3 heterocycles. The molecule has 33 heavy (non-hydrogen) atoms. The summed E-state index contributed by atoms with van der Waals surface area (Å²) in [7, 11) is 3.40. The summed E-state index contributed by atoms with van der Waals surface area (Å²) < 4.78 is 17.5. The summed E-state index contributed by atoms with van der Waals surface area (Å²) in [6.07, 6.45) is 2.02. The first-order chi connectivity index (χ1) is 16.2. The molecule has 4 aromatic rings. The number of hydrogen-bond acceptors (Lipinski definition) is 4. The highest BCUT2D eigenvalue weighted by Gasteiger charge is 2.34. The quantitative estimate of drug-likeness (QED) is 0.450. The highest BCUT2D eigenvalue weighted by Crippen LogP contribution is 2.44. The van der Waals surface area contributed by atoms with E-state index in [1.165, 1.54) is 33.3 Å². The third kappa shape index (κ3) is 3.44. The van der Waals surface area contributed by atoms with Gasteiger partial charge in [-0.25, -0.2) is 0 Å². The number of benzene rings is 3. The molecule has 1 N–H and O–H groups in total. The summed E-state index contributed by atoms with van der Waals surface area (Å²) in [5.41, 5.74) is 7.78. The van der Waals surface area contributed by atoms with E-state index in [-0.39, 0.29) is 0 Å². The van der Waals surface area contributed by atoms with E-state index in [9.17, 15) is 0 Å². The van der Waals surface area contributed by atoms with Crippen molar-refractivity contribution in [3.05, 3.63) is 88.6 Å². The topological polar surface area (TPSA) is 46.7 Å².